The first kappa shape index (κ1) is 35.4. The average Bonchev–Trinajstić information content (AvgIpc) is 3.38. The number of thioether (sulfide) groups is 1. The molecule has 14 nitrogen and oxygen atoms in total. The van der Waals surface area contributed by atoms with Gasteiger partial charge in [0.05, 0.1) is 6.04 Å². The first-order chi connectivity index (χ1) is 20.6. The van der Waals surface area contributed by atoms with E-state index in [0.717, 1.165) is 16.5 Å². The average molecular weight is 620 g/mol. The number of hydrogen-bond donors (Lipinski definition) is 9. The van der Waals surface area contributed by atoms with E-state index in [0.29, 0.717) is 31.6 Å². The normalized spacial score (nSPS) is 13.8. The van der Waals surface area contributed by atoms with Crippen molar-refractivity contribution in [2.75, 3.05) is 25.1 Å². The molecular formula is C28H45N9O5S. The van der Waals surface area contributed by atoms with Crippen molar-refractivity contribution in [1.29, 1.82) is 0 Å². The number of nitrogens with zero attached hydrogens (tertiary/aromatic N) is 1. The quantitative estimate of drug-likeness (QED) is 0.0522. The van der Waals surface area contributed by atoms with Crippen molar-refractivity contribution in [3.63, 3.8) is 0 Å². The predicted octanol–water partition coefficient (Wildman–Crippen LogP) is -0.488. The lowest BCUT2D eigenvalue weighted by molar-refractivity contribution is -0.142. The van der Waals surface area contributed by atoms with Gasteiger partial charge in [-0.05, 0) is 75.1 Å². The number of guanidine groups is 1. The summed E-state index contributed by atoms with van der Waals surface area (Å²) in [6, 6.07) is 3.53. The number of carboxylic acid groups (broad SMARTS) is 1. The van der Waals surface area contributed by atoms with E-state index < -0.39 is 47.9 Å². The summed E-state index contributed by atoms with van der Waals surface area (Å²) in [5.41, 5.74) is 24.3. The number of nitrogens with one attached hydrogen (secondary N) is 4. The molecule has 43 heavy (non-hydrogen) atoms. The van der Waals surface area contributed by atoms with E-state index in [9.17, 15) is 24.3 Å². The summed E-state index contributed by atoms with van der Waals surface area (Å²) >= 11 is 1.50. The van der Waals surface area contributed by atoms with Crippen molar-refractivity contribution in [3.8, 4) is 0 Å². The Hall–Kier alpha value is -3.82. The zero-order chi connectivity index (χ0) is 31.8. The van der Waals surface area contributed by atoms with Crippen LogP contribution in [0.3, 0.4) is 0 Å². The van der Waals surface area contributed by atoms with Gasteiger partial charge in [-0.25, -0.2) is 4.79 Å². The van der Waals surface area contributed by atoms with Crippen LogP contribution in [-0.2, 0) is 25.6 Å². The topological polar surface area (TPSA) is 257 Å². The fourth-order valence-corrected chi connectivity index (χ4v) is 4.95. The molecule has 0 saturated carbocycles. The Balaban J connectivity index is 2.14. The van der Waals surface area contributed by atoms with Crippen LogP contribution < -0.4 is 38.9 Å². The molecule has 1 aromatic heterocycles. The van der Waals surface area contributed by atoms with Crippen molar-refractivity contribution in [2.24, 2.45) is 27.9 Å². The van der Waals surface area contributed by atoms with E-state index in [1.165, 1.54) is 11.8 Å². The monoisotopic (exact) mass is 619 g/mol. The standard InChI is InChI=1S/C28H45N9O5S/c1-43-14-11-22(35-24(38)19(30)15-17-16-34-20-8-3-2-7-18(17)20)26(40)36-21(10-6-13-33-28(31)32)25(39)37-23(27(41)42)9-4-5-12-29/h2-3,7-8,16,19,21-23,34H,4-6,9-15,29-30H2,1H3,(H,35,38)(H,36,40)(H,37,39)(H,41,42)(H4,31,32,33). The third-order valence-electron chi connectivity index (χ3n) is 6.83. The molecule has 0 bridgehead atoms. The lowest BCUT2D eigenvalue weighted by Gasteiger charge is -2.25. The summed E-state index contributed by atoms with van der Waals surface area (Å²) in [7, 11) is 0. The molecule has 2 aromatic rings. The molecule has 1 aromatic carbocycles. The SMILES string of the molecule is CSCCC(NC(=O)C(N)Cc1c[nH]c2ccccc12)C(=O)NC(CCCN=C(N)N)C(=O)NC(CCCCN)C(=O)O. The molecule has 0 aliphatic heterocycles. The van der Waals surface area contributed by atoms with Crippen molar-refractivity contribution in [3.05, 3.63) is 36.0 Å². The summed E-state index contributed by atoms with van der Waals surface area (Å²) in [6.07, 6.45) is 5.99. The van der Waals surface area contributed by atoms with E-state index in [-0.39, 0.29) is 38.2 Å². The summed E-state index contributed by atoms with van der Waals surface area (Å²) in [4.78, 5) is 58.5. The Morgan fingerprint density at radius 2 is 1.56 bits per heavy atom. The highest BCUT2D eigenvalue weighted by atomic mass is 32.2. The molecule has 4 unspecified atom stereocenters. The Labute approximate surface area is 255 Å². The summed E-state index contributed by atoms with van der Waals surface area (Å²) in [6.45, 7) is 0.606. The number of unbranched alkanes of at least 4 members (excludes halogenated alkanes) is 1. The Morgan fingerprint density at radius 1 is 0.930 bits per heavy atom. The highest BCUT2D eigenvalue weighted by Gasteiger charge is 2.30. The number of aliphatic imine (C=N–C) groups is 1. The molecule has 0 saturated heterocycles. The molecule has 0 aliphatic carbocycles. The molecule has 0 fully saturated rings. The molecular weight excluding hydrogens is 574 g/mol. The Bertz CT molecular complexity index is 1230. The van der Waals surface area contributed by atoms with Gasteiger partial charge in [-0.3, -0.25) is 19.4 Å². The molecule has 3 amide bonds. The first-order valence-electron chi connectivity index (χ1n) is 14.3. The van der Waals surface area contributed by atoms with Crippen LogP contribution in [0.4, 0.5) is 0 Å². The van der Waals surface area contributed by atoms with Gasteiger partial charge in [0.25, 0.3) is 0 Å². The number of carbonyl (C=O) groups excluding carboxylic acids is 3. The molecule has 0 aliphatic rings. The number of aromatic nitrogens is 1. The number of hydrogen-bond acceptors (Lipinski definition) is 8. The number of aliphatic carboxylic acids is 1. The number of fused-ring (bicyclic) bond motifs is 1. The number of benzene rings is 1. The highest BCUT2D eigenvalue weighted by molar-refractivity contribution is 7.98. The van der Waals surface area contributed by atoms with E-state index in [2.05, 4.69) is 25.9 Å². The smallest absolute Gasteiger partial charge is 0.326 e. The van der Waals surface area contributed by atoms with Crippen LogP contribution in [0.1, 0.15) is 44.1 Å². The first-order valence-corrected chi connectivity index (χ1v) is 15.7. The fourth-order valence-electron chi connectivity index (χ4n) is 4.48. The number of rotatable bonds is 20. The fraction of sp³-hybridized carbons (Fsp3) is 0.536. The Kier molecular flexibility index (Phi) is 15.4. The van der Waals surface area contributed by atoms with Gasteiger partial charge in [0.2, 0.25) is 17.7 Å². The molecule has 1 heterocycles. The van der Waals surface area contributed by atoms with Gasteiger partial charge in [0.1, 0.15) is 18.1 Å². The van der Waals surface area contributed by atoms with Crippen LogP contribution in [0.15, 0.2) is 35.5 Å². The van der Waals surface area contributed by atoms with Crippen LogP contribution in [-0.4, -0.2) is 89.0 Å². The summed E-state index contributed by atoms with van der Waals surface area (Å²) < 4.78 is 0. The van der Waals surface area contributed by atoms with Crippen LogP contribution in [0, 0.1) is 0 Å². The molecule has 15 heteroatoms. The number of nitrogens with two attached hydrogens (primary N) is 4. The van der Waals surface area contributed by atoms with Gasteiger partial charge in [-0.1, -0.05) is 18.2 Å². The summed E-state index contributed by atoms with van der Waals surface area (Å²) in [5, 5.41) is 18.5. The third kappa shape index (κ3) is 12.1. The minimum absolute atomic E-state index is 0.111. The van der Waals surface area contributed by atoms with Crippen molar-refractivity contribution < 1.29 is 24.3 Å². The highest BCUT2D eigenvalue weighted by Crippen LogP contribution is 2.19. The summed E-state index contributed by atoms with van der Waals surface area (Å²) in [5.74, 6) is -2.50. The lowest BCUT2D eigenvalue weighted by Crippen LogP contribution is -2.57. The number of carboxylic acids is 1. The number of H-pyrrole nitrogens is 1. The van der Waals surface area contributed by atoms with Crippen molar-refractivity contribution >= 4 is 52.3 Å². The molecule has 0 spiro atoms. The molecule has 238 valence electrons. The molecule has 2 rings (SSSR count). The van der Waals surface area contributed by atoms with E-state index in [4.69, 9.17) is 22.9 Å². The second-order valence-electron chi connectivity index (χ2n) is 10.2. The number of para-hydroxylation sites is 1. The molecule has 0 radical (unpaired) electrons. The van der Waals surface area contributed by atoms with E-state index >= 15 is 0 Å². The van der Waals surface area contributed by atoms with Gasteiger partial charge < -0.3 is 49.0 Å². The maximum absolute atomic E-state index is 13.4. The lowest BCUT2D eigenvalue weighted by atomic mass is 10.0. The van der Waals surface area contributed by atoms with Gasteiger partial charge >= 0.3 is 5.97 Å². The van der Waals surface area contributed by atoms with Gasteiger partial charge in [0.15, 0.2) is 5.96 Å². The van der Waals surface area contributed by atoms with Crippen LogP contribution >= 0.6 is 11.8 Å². The number of amides is 3. The molecule has 13 N–H and O–H groups in total. The van der Waals surface area contributed by atoms with Gasteiger partial charge in [-0.15, -0.1) is 0 Å². The van der Waals surface area contributed by atoms with Crippen molar-refractivity contribution in [1.82, 2.24) is 20.9 Å². The second kappa shape index (κ2) is 18.7. The zero-order valence-electron chi connectivity index (χ0n) is 24.5. The van der Waals surface area contributed by atoms with E-state index in [1.54, 1.807) is 0 Å². The van der Waals surface area contributed by atoms with Crippen LogP contribution in [0.2, 0.25) is 0 Å². The number of carbonyl (C=O) groups is 4. The second-order valence-corrected chi connectivity index (χ2v) is 11.2. The van der Waals surface area contributed by atoms with Gasteiger partial charge in [0, 0.05) is 23.6 Å². The predicted molar refractivity (Wildman–Crippen MR) is 169 cm³/mol. The Morgan fingerprint density at radius 3 is 2.21 bits per heavy atom. The third-order valence-corrected chi connectivity index (χ3v) is 7.48. The minimum Gasteiger partial charge on any atom is -0.480 e. The maximum atomic E-state index is 13.4. The van der Waals surface area contributed by atoms with E-state index in [1.807, 2.05) is 36.7 Å². The zero-order valence-corrected chi connectivity index (χ0v) is 25.3. The minimum atomic E-state index is -1.19. The largest absolute Gasteiger partial charge is 0.480 e. The molecule has 4 atom stereocenters. The van der Waals surface area contributed by atoms with Crippen LogP contribution in [0.5, 0.6) is 0 Å². The van der Waals surface area contributed by atoms with Crippen LogP contribution in [0.25, 0.3) is 10.9 Å². The maximum Gasteiger partial charge on any atom is 0.326 e. The van der Waals surface area contributed by atoms with Crippen molar-refractivity contribution in [2.45, 2.75) is 69.1 Å². The number of aromatic amines is 1. The van der Waals surface area contributed by atoms with Gasteiger partial charge in [-0.2, -0.15) is 11.8 Å².